The monoisotopic (exact) mass is 569 g/mol. The first-order valence-electron chi connectivity index (χ1n) is 12.9. The third kappa shape index (κ3) is 7.83. The molecule has 0 spiro atoms. The number of hydrogen-bond acceptors (Lipinski definition) is 4. The Labute approximate surface area is 236 Å². The van der Waals surface area contributed by atoms with Gasteiger partial charge in [0.05, 0.1) is 10.6 Å². The van der Waals surface area contributed by atoms with Gasteiger partial charge in [0, 0.05) is 18.1 Å². The van der Waals surface area contributed by atoms with Gasteiger partial charge in [-0.15, -0.1) is 0 Å². The molecule has 39 heavy (non-hydrogen) atoms. The van der Waals surface area contributed by atoms with Gasteiger partial charge in [-0.1, -0.05) is 61.8 Å². The minimum atomic E-state index is -4.14. The van der Waals surface area contributed by atoms with Crippen molar-refractivity contribution < 1.29 is 18.0 Å². The number of benzene rings is 3. The molecular formula is C30H36ClN3O4S. The molecule has 0 aromatic heterocycles. The second-order valence-corrected chi connectivity index (χ2v) is 12.4. The van der Waals surface area contributed by atoms with E-state index in [0.29, 0.717) is 17.3 Å². The van der Waals surface area contributed by atoms with E-state index < -0.39 is 28.5 Å². The lowest BCUT2D eigenvalue weighted by molar-refractivity contribution is -0.139. The van der Waals surface area contributed by atoms with E-state index in [-0.39, 0.29) is 23.3 Å². The van der Waals surface area contributed by atoms with Crippen LogP contribution in [0.3, 0.4) is 0 Å². The molecule has 3 aromatic rings. The van der Waals surface area contributed by atoms with Crippen LogP contribution < -0.4 is 9.62 Å². The maximum absolute atomic E-state index is 14.0. The Balaban J connectivity index is 2.02. The lowest BCUT2D eigenvalue weighted by Crippen LogP contribution is -2.51. The molecule has 0 heterocycles. The smallest absolute Gasteiger partial charge is 0.264 e. The van der Waals surface area contributed by atoms with Crippen LogP contribution in [0.1, 0.15) is 37.5 Å². The van der Waals surface area contributed by atoms with E-state index in [9.17, 15) is 18.0 Å². The highest BCUT2D eigenvalue weighted by Crippen LogP contribution is 2.26. The SMILES string of the molecule is Cc1cccc(N(CC(=O)N(Cc2ccccc2C)C(C)C(=O)NCC(C)C)S(=O)(=O)c2ccc(Cl)cc2)c1. The summed E-state index contributed by atoms with van der Waals surface area (Å²) in [5.41, 5.74) is 3.03. The zero-order valence-corrected chi connectivity index (χ0v) is 24.6. The molecule has 9 heteroatoms. The number of aryl methyl sites for hydroxylation is 2. The van der Waals surface area contributed by atoms with E-state index in [2.05, 4.69) is 5.32 Å². The summed E-state index contributed by atoms with van der Waals surface area (Å²) in [6, 6.07) is 19.6. The second-order valence-electron chi connectivity index (χ2n) is 10.1. The van der Waals surface area contributed by atoms with Crippen LogP contribution in [0.2, 0.25) is 5.02 Å². The molecule has 1 unspecified atom stereocenters. The molecular weight excluding hydrogens is 534 g/mol. The number of anilines is 1. The van der Waals surface area contributed by atoms with Crippen molar-refractivity contribution >= 4 is 39.1 Å². The fourth-order valence-electron chi connectivity index (χ4n) is 4.05. The third-order valence-corrected chi connectivity index (χ3v) is 8.46. The van der Waals surface area contributed by atoms with Gasteiger partial charge in [0.15, 0.2) is 0 Å². The molecule has 0 aliphatic carbocycles. The molecule has 3 aromatic carbocycles. The number of rotatable bonds is 11. The molecule has 0 bridgehead atoms. The fraction of sp³-hybridized carbons (Fsp3) is 0.333. The molecule has 0 radical (unpaired) electrons. The highest BCUT2D eigenvalue weighted by atomic mass is 35.5. The van der Waals surface area contributed by atoms with Crippen LogP contribution in [-0.4, -0.2) is 44.3 Å². The van der Waals surface area contributed by atoms with Gasteiger partial charge in [0.25, 0.3) is 10.0 Å². The zero-order valence-electron chi connectivity index (χ0n) is 23.0. The van der Waals surface area contributed by atoms with Gasteiger partial charge in [-0.05, 0) is 79.8 Å². The van der Waals surface area contributed by atoms with Gasteiger partial charge in [-0.25, -0.2) is 8.42 Å². The molecule has 2 amide bonds. The van der Waals surface area contributed by atoms with Crippen molar-refractivity contribution in [2.24, 2.45) is 5.92 Å². The first kappa shape index (κ1) is 30.2. The van der Waals surface area contributed by atoms with Crippen LogP contribution in [-0.2, 0) is 26.2 Å². The quantitative estimate of drug-likeness (QED) is 0.338. The van der Waals surface area contributed by atoms with Crippen LogP contribution >= 0.6 is 11.6 Å². The molecule has 1 N–H and O–H groups in total. The fourth-order valence-corrected chi connectivity index (χ4v) is 5.58. The van der Waals surface area contributed by atoms with Crippen LogP contribution in [0, 0.1) is 19.8 Å². The number of carbonyl (C=O) groups is 2. The molecule has 0 aliphatic rings. The Morgan fingerprint density at radius 3 is 2.21 bits per heavy atom. The lowest BCUT2D eigenvalue weighted by atomic mass is 10.1. The molecule has 0 fully saturated rings. The summed E-state index contributed by atoms with van der Waals surface area (Å²) in [5.74, 6) is -0.555. The first-order chi connectivity index (χ1) is 18.4. The van der Waals surface area contributed by atoms with Crippen LogP contribution in [0.4, 0.5) is 5.69 Å². The molecule has 0 aliphatic heterocycles. The van der Waals surface area contributed by atoms with E-state index in [1.54, 1.807) is 25.1 Å². The van der Waals surface area contributed by atoms with E-state index in [4.69, 9.17) is 11.6 Å². The predicted octanol–water partition coefficient (Wildman–Crippen LogP) is 5.34. The van der Waals surface area contributed by atoms with Crippen molar-refractivity contribution in [2.45, 2.75) is 52.1 Å². The molecule has 0 saturated heterocycles. The Morgan fingerprint density at radius 2 is 1.59 bits per heavy atom. The maximum atomic E-state index is 14.0. The second kappa shape index (κ2) is 13.1. The highest BCUT2D eigenvalue weighted by molar-refractivity contribution is 7.92. The number of hydrogen-bond donors (Lipinski definition) is 1. The average molecular weight is 570 g/mol. The van der Waals surface area contributed by atoms with Crippen molar-refractivity contribution in [1.82, 2.24) is 10.2 Å². The van der Waals surface area contributed by atoms with E-state index >= 15 is 0 Å². The summed E-state index contributed by atoms with van der Waals surface area (Å²) in [6.45, 7) is 9.57. The zero-order chi connectivity index (χ0) is 28.7. The normalized spacial score (nSPS) is 12.2. The Morgan fingerprint density at radius 1 is 0.923 bits per heavy atom. The van der Waals surface area contributed by atoms with Crippen molar-refractivity contribution in [1.29, 1.82) is 0 Å². The first-order valence-corrected chi connectivity index (χ1v) is 14.7. The Kier molecular flexibility index (Phi) is 10.2. The molecule has 7 nitrogen and oxygen atoms in total. The standard InChI is InChI=1S/C30H36ClN3O4S/c1-21(2)18-32-30(36)24(5)33(19-25-11-7-6-10-23(25)4)29(35)20-34(27-12-8-9-22(3)17-27)39(37,38)28-15-13-26(31)14-16-28/h6-17,21,24H,18-20H2,1-5H3,(H,32,36). The largest absolute Gasteiger partial charge is 0.354 e. The number of nitrogens with zero attached hydrogens (tertiary/aromatic N) is 2. The van der Waals surface area contributed by atoms with Crippen LogP contribution in [0.5, 0.6) is 0 Å². The van der Waals surface area contributed by atoms with E-state index in [1.165, 1.54) is 29.2 Å². The average Bonchev–Trinajstić information content (AvgIpc) is 2.89. The highest BCUT2D eigenvalue weighted by Gasteiger charge is 2.32. The van der Waals surface area contributed by atoms with Gasteiger partial charge in [0.2, 0.25) is 11.8 Å². The molecule has 1 atom stereocenters. The van der Waals surface area contributed by atoms with Crippen LogP contribution in [0.15, 0.2) is 77.7 Å². The van der Waals surface area contributed by atoms with Crippen molar-refractivity contribution in [3.05, 3.63) is 94.5 Å². The van der Waals surface area contributed by atoms with E-state index in [1.807, 2.05) is 58.0 Å². The number of carbonyl (C=O) groups excluding carboxylic acids is 2. The van der Waals surface area contributed by atoms with Gasteiger partial charge >= 0.3 is 0 Å². The number of amides is 2. The summed E-state index contributed by atoms with van der Waals surface area (Å²) >= 11 is 6.00. The summed E-state index contributed by atoms with van der Waals surface area (Å²) in [7, 11) is -4.14. The van der Waals surface area contributed by atoms with Crippen molar-refractivity contribution in [3.63, 3.8) is 0 Å². The van der Waals surface area contributed by atoms with Gasteiger partial charge in [-0.3, -0.25) is 13.9 Å². The van der Waals surface area contributed by atoms with Crippen LogP contribution in [0.25, 0.3) is 0 Å². The maximum Gasteiger partial charge on any atom is 0.264 e. The minimum Gasteiger partial charge on any atom is -0.354 e. The molecule has 208 valence electrons. The molecule has 3 rings (SSSR count). The number of nitrogens with one attached hydrogen (secondary N) is 1. The summed E-state index contributed by atoms with van der Waals surface area (Å²) in [6.07, 6.45) is 0. The summed E-state index contributed by atoms with van der Waals surface area (Å²) in [4.78, 5) is 28.5. The van der Waals surface area contributed by atoms with Gasteiger partial charge in [0.1, 0.15) is 12.6 Å². The lowest BCUT2D eigenvalue weighted by Gasteiger charge is -2.32. The Bertz CT molecular complexity index is 1410. The summed E-state index contributed by atoms with van der Waals surface area (Å²) < 4.78 is 28.8. The topological polar surface area (TPSA) is 86.8 Å². The summed E-state index contributed by atoms with van der Waals surface area (Å²) in [5, 5.41) is 3.29. The van der Waals surface area contributed by atoms with E-state index in [0.717, 1.165) is 21.0 Å². The van der Waals surface area contributed by atoms with Gasteiger partial charge < -0.3 is 10.2 Å². The number of sulfonamides is 1. The third-order valence-electron chi connectivity index (χ3n) is 6.42. The van der Waals surface area contributed by atoms with Gasteiger partial charge in [-0.2, -0.15) is 0 Å². The molecule has 0 saturated carbocycles. The van der Waals surface area contributed by atoms with Crippen molar-refractivity contribution in [3.8, 4) is 0 Å². The van der Waals surface area contributed by atoms with Crippen molar-refractivity contribution in [2.75, 3.05) is 17.4 Å². The predicted molar refractivity (Wildman–Crippen MR) is 156 cm³/mol. The minimum absolute atomic E-state index is 0.00869. The Hall–Kier alpha value is -3.36. The number of halogens is 1.